The lowest BCUT2D eigenvalue weighted by Gasteiger charge is -2.32. The number of hydrogen-bond donors (Lipinski definition) is 2. The molecule has 36 heavy (non-hydrogen) atoms. The van der Waals surface area contributed by atoms with Crippen molar-refractivity contribution in [2.45, 2.75) is 6.54 Å². The first kappa shape index (κ1) is 23.8. The van der Waals surface area contributed by atoms with Crippen molar-refractivity contribution in [3.05, 3.63) is 53.5 Å². The minimum Gasteiger partial charge on any atom is -0.495 e. The van der Waals surface area contributed by atoms with Gasteiger partial charge in [-0.05, 0) is 37.4 Å². The number of aromatic nitrogens is 2. The number of carbonyl (C=O) groups is 2. The van der Waals surface area contributed by atoms with E-state index < -0.39 is 0 Å². The van der Waals surface area contributed by atoms with Crippen LogP contribution in [0.4, 0.5) is 10.5 Å². The molecule has 188 valence electrons. The van der Waals surface area contributed by atoms with Gasteiger partial charge in [-0.25, -0.2) is 9.78 Å². The van der Waals surface area contributed by atoms with E-state index in [-0.39, 0.29) is 17.6 Å². The van der Waals surface area contributed by atoms with Crippen molar-refractivity contribution < 1.29 is 19.1 Å². The highest BCUT2D eigenvalue weighted by atomic mass is 16.5. The maximum absolute atomic E-state index is 13.2. The van der Waals surface area contributed by atoms with Gasteiger partial charge in [0, 0.05) is 69.2 Å². The summed E-state index contributed by atoms with van der Waals surface area (Å²) in [6.45, 7) is 5.94. The molecule has 2 aliphatic heterocycles. The van der Waals surface area contributed by atoms with Crippen molar-refractivity contribution in [1.82, 2.24) is 24.7 Å². The number of likely N-dealkylation sites (N-methyl/N-ethyl adjacent to an activating group) is 1. The van der Waals surface area contributed by atoms with E-state index in [0.717, 1.165) is 55.9 Å². The number of nitrogens with zero attached hydrogens (tertiary/aromatic N) is 4. The molecule has 0 bridgehead atoms. The summed E-state index contributed by atoms with van der Waals surface area (Å²) in [6.07, 6.45) is 5.47. The van der Waals surface area contributed by atoms with E-state index in [2.05, 4.69) is 37.0 Å². The average Bonchev–Trinajstić information content (AvgIpc) is 3.40. The number of ketones is 1. The Labute approximate surface area is 209 Å². The van der Waals surface area contributed by atoms with Crippen LogP contribution in [0.1, 0.15) is 15.9 Å². The summed E-state index contributed by atoms with van der Waals surface area (Å²) < 4.78 is 13.4. The predicted molar refractivity (Wildman–Crippen MR) is 138 cm³/mol. The van der Waals surface area contributed by atoms with E-state index in [1.54, 1.807) is 37.6 Å². The third-order valence-electron chi connectivity index (χ3n) is 6.65. The van der Waals surface area contributed by atoms with Crippen LogP contribution < -0.4 is 20.1 Å². The minimum atomic E-state index is -0.358. The number of carbonyl (C=O) groups excluding carboxylic acids is 2. The van der Waals surface area contributed by atoms with E-state index in [1.807, 2.05) is 12.3 Å². The molecule has 2 aliphatic rings. The zero-order valence-corrected chi connectivity index (χ0v) is 20.7. The fourth-order valence-corrected chi connectivity index (χ4v) is 4.50. The second-order valence-corrected chi connectivity index (χ2v) is 9.02. The Bertz CT molecular complexity index is 1340. The number of ether oxygens (including phenoxy) is 2. The summed E-state index contributed by atoms with van der Waals surface area (Å²) in [4.78, 5) is 34.2. The van der Waals surface area contributed by atoms with Crippen molar-refractivity contribution in [3.63, 3.8) is 0 Å². The molecule has 1 saturated heterocycles. The molecule has 10 heteroatoms. The van der Waals surface area contributed by atoms with Gasteiger partial charge in [0.2, 0.25) is 5.78 Å². The number of nitrogens with one attached hydrogen (secondary N) is 2. The molecule has 0 saturated carbocycles. The molecule has 0 unspecified atom stereocenters. The molecular weight excluding hydrogens is 460 g/mol. The third kappa shape index (κ3) is 4.77. The Kier molecular flexibility index (Phi) is 6.62. The number of allylic oxidation sites excluding steroid dienone is 1. The first-order chi connectivity index (χ1) is 17.4. The summed E-state index contributed by atoms with van der Waals surface area (Å²) in [5.74, 6) is 1.09. The van der Waals surface area contributed by atoms with E-state index in [1.165, 1.54) is 7.05 Å². The summed E-state index contributed by atoms with van der Waals surface area (Å²) in [7, 11) is 5.29. The smallest absolute Gasteiger partial charge is 0.318 e. The van der Waals surface area contributed by atoms with Crippen LogP contribution in [-0.4, -0.2) is 85.1 Å². The van der Waals surface area contributed by atoms with Crippen LogP contribution in [-0.2, 0) is 6.54 Å². The highest BCUT2D eigenvalue weighted by Crippen LogP contribution is 2.35. The number of fused-ring (bicyclic) bond motifs is 2. The molecule has 0 radical (unpaired) electrons. The Morgan fingerprint density at radius 3 is 2.75 bits per heavy atom. The second-order valence-electron chi connectivity index (χ2n) is 9.02. The monoisotopic (exact) mass is 490 g/mol. The lowest BCUT2D eigenvalue weighted by atomic mass is 10.1. The Morgan fingerprint density at radius 1 is 1.19 bits per heavy atom. The normalized spacial score (nSPS) is 17.3. The number of Topliss-reactive ketones (excluding diaryl/α,β-unsaturated/α-hetero) is 1. The molecule has 10 nitrogen and oxygen atoms in total. The van der Waals surface area contributed by atoms with Crippen LogP contribution in [0.5, 0.6) is 11.5 Å². The standard InChI is InChI=1S/C26H30N6O4/c1-27-26(34)29-18-4-5-22-21(13-18)24(33)23(36-22)12-17-16-32(11-10-31-8-6-30(2)7-9-31)25-20(17)14-19(35-3)15-28-25/h4-5,12-16H,6-11H2,1-3H3,(H2,27,29,34)/b23-12+. The number of rotatable bonds is 6. The lowest BCUT2D eigenvalue weighted by molar-refractivity contribution is 0.101. The highest BCUT2D eigenvalue weighted by Gasteiger charge is 2.28. The first-order valence-corrected chi connectivity index (χ1v) is 12.0. The first-order valence-electron chi connectivity index (χ1n) is 12.0. The summed E-state index contributed by atoms with van der Waals surface area (Å²) in [5, 5.41) is 6.06. The molecule has 1 fully saturated rings. The van der Waals surface area contributed by atoms with Crippen LogP contribution in [0.15, 0.2) is 42.4 Å². The van der Waals surface area contributed by atoms with Gasteiger partial charge < -0.3 is 29.6 Å². The van der Waals surface area contributed by atoms with Gasteiger partial charge in [0.1, 0.15) is 17.1 Å². The molecule has 4 heterocycles. The Balaban J connectivity index is 1.42. The Morgan fingerprint density at radius 2 is 2.00 bits per heavy atom. The molecular formula is C26H30N6O4. The molecule has 0 spiro atoms. The maximum atomic E-state index is 13.2. The largest absolute Gasteiger partial charge is 0.495 e. The predicted octanol–water partition coefficient (Wildman–Crippen LogP) is 2.66. The molecule has 5 rings (SSSR count). The fourth-order valence-electron chi connectivity index (χ4n) is 4.50. The number of hydrogen-bond acceptors (Lipinski definition) is 7. The maximum Gasteiger partial charge on any atom is 0.318 e. The third-order valence-corrected chi connectivity index (χ3v) is 6.65. The van der Waals surface area contributed by atoms with Crippen LogP contribution in [0, 0.1) is 0 Å². The van der Waals surface area contributed by atoms with Gasteiger partial charge in [0.15, 0.2) is 5.76 Å². The lowest BCUT2D eigenvalue weighted by Crippen LogP contribution is -2.45. The number of pyridine rings is 1. The van der Waals surface area contributed by atoms with Crippen molar-refractivity contribution in [3.8, 4) is 11.5 Å². The molecule has 2 N–H and O–H groups in total. The van der Waals surface area contributed by atoms with Gasteiger partial charge in [-0.1, -0.05) is 0 Å². The Hall–Kier alpha value is -3.89. The van der Waals surface area contributed by atoms with E-state index in [4.69, 9.17) is 9.47 Å². The van der Waals surface area contributed by atoms with Crippen molar-refractivity contribution in [2.75, 3.05) is 59.2 Å². The van der Waals surface area contributed by atoms with Crippen molar-refractivity contribution in [2.24, 2.45) is 0 Å². The van der Waals surface area contributed by atoms with Gasteiger partial charge >= 0.3 is 6.03 Å². The van der Waals surface area contributed by atoms with Crippen LogP contribution in [0.25, 0.3) is 17.1 Å². The topological polar surface area (TPSA) is 101 Å². The van der Waals surface area contributed by atoms with Gasteiger partial charge in [0.25, 0.3) is 0 Å². The summed E-state index contributed by atoms with van der Waals surface area (Å²) >= 11 is 0. The SMILES string of the molecule is CNC(=O)Nc1ccc2c(c1)C(=O)/C(=C\c1cn(CCN3CCN(C)CC3)c3ncc(OC)cc13)O2. The molecule has 3 aromatic rings. The van der Waals surface area contributed by atoms with Crippen molar-refractivity contribution in [1.29, 1.82) is 0 Å². The number of benzene rings is 1. The molecule has 0 atom stereocenters. The van der Waals surface area contributed by atoms with E-state index in [0.29, 0.717) is 22.7 Å². The van der Waals surface area contributed by atoms with Crippen LogP contribution in [0.2, 0.25) is 0 Å². The summed E-state index contributed by atoms with van der Waals surface area (Å²) in [6, 6.07) is 6.58. The minimum absolute atomic E-state index is 0.225. The zero-order chi connectivity index (χ0) is 25.2. The van der Waals surface area contributed by atoms with Gasteiger partial charge in [-0.3, -0.25) is 9.69 Å². The number of urea groups is 1. The van der Waals surface area contributed by atoms with Crippen molar-refractivity contribution >= 4 is 34.6 Å². The number of anilines is 1. The number of amides is 2. The van der Waals surface area contributed by atoms with Gasteiger partial charge in [0.05, 0.1) is 18.9 Å². The fraction of sp³-hybridized carbons (Fsp3) is 0.346. The van der Waals surface area contributed by atoms with Gasteiger partial charge in [-0.15, -0.1) is 0 Å². The van der Waals surface area contributed by atoms with E-state index in [9.17, 15) is 9.59 Å². The van der Waals surface area contributed by atoms with Crippen LogP contribution in [0.3, 0.4) is 0 Å². The number of methoxy groups -OCH3 is 1. The molecule has 0 aliphatic carbocycles. The van der Waals surface area contributed by atoms with E-state index >= 15 is 0 Å². The molecule has 2 amide bonds. The number of piperazine rings is 1. The zero-order valence-electron chi connectivity index (χ0n) is 20.7. The summed E-state index contributed by atoms with van der Waals surface area (Å²) in [5.41, 5.74) is 2.58. The molecule has 2 aromatic heterocycles. The highest BCUT2D eigenvalue weighted by molar-refractivity contribution is 6.15. The van der Waals surface area contributed by atoms with Crippen LogP contribution >= 0.6 is 0 Å². The van der Waals surface area contributed by atoms with Gasteiger partial charge in [-0.2, -0.15) is 0 Å². The quantitative estimate of drug-likeness (QED) is 0.513. The average molecular weight is 491 g/mol. The second kappa shape index (κ2) is 10.00. The molecule has 1 aromatic carbocycles.